The molecule has 94 valence electrons. The van der Waals surface area contributed by atoms with Gasteiger partial charge in [-0.2, -0.15) is 0 Å². The molecule has 1 aliphatic heterocycles. The van der Waals surface area contributed by atoms with Crippen LogP contribution in [0.4, 0.5) is 0 Å². The standard InChI is InChI=1S/C13H19NO3/c1-6-7-10-9(4)12(15)14(10)11(8(2)3)13(16)17-5/h6,9-10H,1,7H2,2-5H3. The van der Waals surface area contributed by atoms with E-state index in [0.29, 0.717) is 12.1 Å². The van der Waals surface area contributed by atoms with Crippen LogP contribution in [-0.4, -0.2) is 29.9 Å². The van der Waals surface area contributed by atoms with Crippen LogP contribution in [-0.2, 0) is 14.3 Å². The fourth-order valence-electron chi connectivity index (χ4n) is 2.09. The molecule has 0 bridgehead atoms. The second-order valence-electron chi connectivity index (χ2n) is 4.43. The molecular formula is C13H19NO3. The first kappa shape index (κ1) is 13.5. The lowest BCUT2D eigenvalue weighted by atomic mass is 9.85. The van der Waals surface area contributed by atoms with E-state index in [1.54, 1.807) is 19.9 Å². The molecular weight excluding hydrogens is 218 g/mol. The molecule has 0 aromatic rings. The number of likely N-dealkylation sites (tertiary alicyclic amines) is 1. The molecule has 2 unspecified atom stereocenters. The Morgan fingerprint density at radius 3 is 2.53 bits per heavy atom. The highest BCUT2D eigenvalue weighted by Crippen LogP contribution is 2.34. The third-order valence-corrected chi connectivity index (χ3v) is 3.04. The normalized spacial score (nSPS) is 22.8. The summed E-state index contributed by atoms with van der Waals surface area (Å²) >= 11 is 0. The molecule has 1 aliphatic rings. The van der Waals surface area contributed by atoms with Crippen molar-refractivity contribution in [1.82, 2.24) is 4.90 Å². The van der Waals surface area contributed by atoms with Crippen LogP contribution in [0.3, 0.4) is 0 Å². The van der Waals surface area contributed by atoms with Gasteiger partial charge in [0.05, 0.1) is 19.1 Å². The molecule has 1 amide bonds. The molecule has 4 nitrogen and oxygen atoms in total. The van der Waals surface area contributed by atoms with E-state index in [4.69, 9.17) is 4.74 Å². The number of carbonyl (C=O) groups excluding carboxylic acids is 2. The highest BCUT2D eigenvalue weighted by atomic mass is 16.5. The quantitative estimate of drug-likeness (QED) is 0.324. The van der Waals surface area contributed by atoms with Crippen LogP contribution in [0.5, 0.6) is 0 Å². The maximum atomic E-state index is 11.9. The minimum atomic E-state index is -0.459. The third kappa shape index (κ3) is 2.25. The minimum Gasteiger partial charge on any atom is -0.464 e. The highest BCUT2D eigenvalue weighted by Gasteiger charge is 2.47. The van der Waals surface area contributed by atoms with Gasteiger partial charge in [-0.25, -0.2) is 4.79 Å². The fourth-order valence-corrected chi connectivity index (χ4v) is 2.09. The van der Waals surface area contributed by atoms with Gasteiger partial charge in [0.2, 0.25) is 5.91 Å². The Balaban J connectivity index is 3.04. The number of esters is 1. The van der Waals surface area contributed by atoms with E-state index >= 15 is 0 Å². The zero-order valence-corrected chi connectivity index (χ0v) is 10.8. The van der Waals surface area contributed by atoms with Crippen LogP contribution in [0.25, 0.3) is 0 Å². The van der Waals surface area contributed by atoms with E-state index in [0.717, 1.165) is 5.57 Å². The van der Waals surface area contributed by atoms with E-state index in [1.165, 1.54) is 12.0 Å². The van der Waals surface area contributed by atoms with Crippen molar-refractivity contribution in [2.24, 2.45) is 5.92 Å². The van der Waals surface area contributed by atoms with Crippen LogP contribution in [0.1, 0.15) is 27.2 Å². The summed E-state index contributed by atoms with van der Waals surface area (Å²) in [6.07, 6.45) is 2.45. The van der Waals surface area contributed by atoms with Gasteiger partial charge >= 0.3 is 5.97 Å². The van der Waals surface area contributed by atoms with Gasteiger partial charge in [-0.15, -0.1) is 6.58 Å². The van der Waals surface area contributed by atoms with Crippen molar-refractivity contribution in [3.63, 3.8) is 0 Å². The molecule has 0 radical (unpaired) electrons. The zero-order valence-electron chi connectivity index (χ0n) is 10.8. The van der Waals surface area contributed by atoms with E-state index in [9.17, 15) is 9.59 Å². The lowest BCUT2D eigenvalue weighted by Crippen LogP contribution is -2.60. The molecule has 0 saturated carbocycles. The number of ether oxygens (including phenoxy) is 1. The van der Waals surface area contributed by atoms with Crippen molar-refractivity contribution < 1.29 is 14.3 Å². The average molecular weight is 237 g/mol. The predicted octanol–water partition coefficient (Wildman–Crippen LogP) is 1.88. The van der Waals surface area contributed by atoms with Crippen LogP contribution < -0.4 is 0 Å². The number of β-lactam (4-membered cyclic amide) rings is 1. The molecule has 0 aliphatic carbocycles. The van der Waals surface area contributed by atoms with Gasteiger partial charge in [-0.05, 0) is 25.8 Å². The first-order chi connectivity index (χ1) is 7.95. The Bertz CT molecular complexity index is 380. The molecule has 0 aromatic carbocycles. The lowest BCUT2D eigenvalue weighted by molar-refractivity contribution is -0.156. The molecule has 0 aromatic heterocycles. The number of nitrogens with zero attached hydrogens (tertiary/aromatic N) is 1. The molecule has 1 rings (SSSR count). The molecule has 0 spiro atoms. The van der Waals surface area contributed by atoms with Gasteiger partial charge in [-0.1, -0.05) is 13.0 Å². The Hall–Kier alpha value is -1.58. The summed E-state index contributed by atoms with van der Waals surface area (Å²) in [5, 5.41) is 0. The van der Waals surface area contributed by atoms with Crippen LogP contribution >= 0.6 is 0 Å². The molecule has 1 heterocycles. The maximum Gasteiger partial charge on any atom is 0.354 e. The average Bonchev–Trinajstić information content (AvgIpc) is 2.31. The first-order valence-corrected chi connectivity index (χ1v) is 5.65. The number of carbonyl (C=O) groups is 2. The van der Waals surface area contributed by atoms with Crippen LogP contribution in [0, 0.1) is 5.92 Å². The van der Waals surface area contributed by atoms with Gasteiger partial charge in [0.15, 0.2) is 0 Å². The van der Waals surface area contributed by atoms with E-state index in [-0.39, 0.29) is 17.9 Å². The summed E-state index contributed by atoms with van der Waals surface area (Å²) in [4.78, 5) is 25.1. The molecule has 2 atom stereocenters. The number of hydrogen-bond acceptors (Lipinski definition) is 3. The maximum absolute atomic E-state index is 11.9. The van der Waals surface area contributed by atoms with Crippen molar-refractivity contribution >= 4 is 11.9 Å². The molecule has 1 fully saturated rings. The van der Waals surface area contributed by atoms with Crippen LogP contribution in [0.2, 0.25) is 0 Å². The minimum absolute atomic E-state index is 0.0176. The number of methoxy groups -OCH3 is 1. The van der Waals surface area contributed by atoms with E-state index in [2.05, 4.69) is 6.58 Å². The van der Waals surface area contributed by atoms with Gasteiger partial charge in [0.25, 0.3) is 0 Å². The Kier molecular flexibility index (Phi) is 4.10. The third-order valence-electron chi connectivity index (χ3n) is 3.04. The number of amides is 1. The molecule has 1 saturated heterocycles. The topological polar surface area (TPSA) is 46.6 Å². The Labute approximate surface area is 102 Å². The van der Waals surface area contributed by atoms with Crippen molar-refractivity contribution in [2.75, 3.05) is 7.11 Å². The molecule has 17 heavy (non-hydrogen) atoms. The van der Waals surface area contributed by atoms with Gasteiger partial charge in [0.1, 0.15) is 5.70 Å². The summed E-state index contributed by atoms with van der Waals surface area (Å²) in [5.41, 5.74) is 1.15. The second-order valence-corrected chi connectivity index (χ2v) is 4.43. The van der Waals surface area contributed by atoms with Gasteiger partial charge in [-0.3, -0.25) is 4.79 Å². The largest absolute Gasteiger partial charge is 0.464 e. The molecule has 0 N–H and O–H groups in total. The van der Waals surface area contributed by atoms with Crippen molar-refractivity contribution in [3.05, 3.63) is 23.9 Å². The summed E-state index contributed by atoms with van der Waals surface area (Å²) in [7, 11) is 1.32. The van der Waals surface area contributed by atoms with E-state index in [1.807, 2.05) is 6.92 Å². The first-order valence-electron chi connectivity index (χ1n) is 5.65. The lowest BCUT2D eigenvalue weighted by Gasteiger charge is -2.46. The second kappa shape index (κ2) is 5.17. The van der Waals surface area contributed by atoms with Gasteiger partial charge < -0.3 is 9.64 Å². The zero-order chi connectivity index (χ0) is 13.2. The summed E-state index contributed by atoms with van der Waals surface area (Å²) in [5.74, 6) is -0.551. The molecule has 4 heteroatoms. The number of rotatable bonds is 4. The van der Waals surface area contributed by atoms with Crippen molar-refractivity contribution in [1.29, 1.82) is 0 Å². The van der Waals surface area contributed by atoms with Crippen molar-refractivity contribution in [3.8, 4) is 0 Å². The predicted molar refractivity (Wildman–Crippen MR) is 65.0 cm³/mol. The Morgan fingerprint density at radius 1 is 1.53 bits per heavy atom. The van der Waals surface area contributed by atoms with Crippen LogP contribution in [0.15, 0.2) is 23.9 Å². The van der Waals surface area contributed by atoms with Crippen molar-refractivity contribution in [2.45, 2.75) is 33.2 Å². The fraction of sp³-hybridized carbons (Fsp3) is 0.538. The van der Waals surface area contributed by atoms with E-state index < -0.39 is 5.97 Å². The number of hydrogen-bond donors (Lipinski definition) is 0. The summed E-state index contributed by atoms with van der Waals surface area (Å²) in [6, 6.07) is 0.0176. The van der Waals surface area contributed by atoms with Gasteiger partial charge in [0, 0.05) is 0 Å². The summed E-state index contributed by atoms with van der Waals surface area (Å²) < 4.78 is 4.72. The smallest absolute Gasteiger partial charge is 0.354 e. The number of allylic oxidation sites excluding steroid dienone is 1. The summed E-state index contributed by atoms with van der Waals surface area (Å²) in [6.45, 7) is 9.14. The SMILES string of the molecule is C=CCC1C(C)C(=O)N1C(C(=O)OC)=C(C)C. The highest BCUT2D eigenvalue weighted by molar-refractivity contribution is 5.98. The monoisotopic (exact) mass is 237 g/mol. The Morgan fingerprint density at radius 2 is 2.12 bits per heavy atom.